The summed E-state index contributed by atoms with van der Waals surface area (Å²) in [6.07, 6.45) is -14.2. The zero-order chi connectivity index (χ0) is 24.7. The third-order valence-corrected chi connectivity index (χ3v) is 5.66. The molecule has 1 aliphatic heterocycles. The number of alkyl halides is 4. The molecule has 0 aliphatic carbocycles. The van der Waals surface area contributed by atoms with Crippen LogP contribution >= 0.6 is 0 Å². The van der Waals surface area contributed by atoms with Crippen molar-refractivity contribution in [2.75, 3.05) is 0 Å². The molecule has 1 unspecified atom stereocenters. The molecule has 0 amide bonds. The maximum Gasteiger partial charge on any atom is 0.417 e. The number of rotatable bonds is 9. The van der Waals surface area contributed by atoms with Crippen LogP contribution in [0, 0.1) is 0 Å². The molecular weight excluding hydrogens is 464 g/mol. The van der Waals surface area contributed by atoms with E-state index in [0.717, 1.165) is 11.1 Å². The van der Waals surface area contributed by atoms with E-state index >= 15 is 4.39 Å². The number of benzene rings is 3. The largest absolute Gasteiger partial charge is 0.417 e. The molecule has 186 valence electrons. The van der Waals surface area contributed by atoms with E-state index in [1.54, 1.807) is 78.9 Å². The molecule has 0 radical (unpaired) electrons. The molecule has 1 heterocycles. The Morgan fingerprint density at radius 2 is 0.943 bits per heavy atom. The monoisotopic (exact) mass is 490 g/mol. The fourth-order valence-corrected chi connectivity index (χ4v) is 3.91. The van der Waals surface area contributed by atoms with Crippen molar-refractivity contribution in [3.8, 4) is 0 Å². The predicted molar refractivity (Wildman–Crippen MR) is 121 cm³/mol. The van der Waals surface area contributed by atoms with Gasteiger partial charge in [0.1, 0.15) is 18.3 Å². The van der Waals surface area contributed by atoms with E-state index in [1.165, 1.54) is 0 Å². The predicted octanol–water partition coefficient (Wildman–Crippen LogP) is 6.00. The van der Waals surface area contributed by atoms with Crippen molar-refractivity contribution in [3.05, 3.63) is 108 Å². The third-order valence-electron chi connectivity index (χ3n) is 5.66. The smallest absolute Gasteiger partial charge is 0.368 e. The fraction of sp³-hybridized carbons (Fsp3) is 0.333. The zero-order valence-corrected chi connectivity index (χ0v) is 18.8. The minimum Gasteiger partial charge on any atom is -0.368 e. The SMILES string of the molecule is FC1O[C@@H](C(F)(F)F)[C@@H](OCc2ccccc2)[C@@H](OCc2ccccc2)[C@@H]1OCc1ccccc1. The second-order valence-electron chi connectivity index (χ2n) is 8.23. The van der Waals surface area contributed by atoms with E-state index in [2.05, 4.69) is 0 Å². The van der Waals surface area contributed by atoms with Crippen LogP contribution in [0.1, 0.15) is 16.7 Å². The molecule has 0 saturated carbocycles. The van der Waals surface area contributed by atoms with Gasteiger partial charge in [-0.25, -0.2) is 4.39 Å². The molecule has 3 aromatic carbocycles. The molecule has 4 rings (SSSR count). The fourth-order valence-electron chi connectivity index (χ4n) is 3.91. The van der Waals surface area contributed by atoms with Crippen LogP contribution < -0.4 is 0 Å². The highest BCUT2D eigenvalue weighted by atomic mass is 19.4. The molecular formula is C27H26F4O4. The molecule has 8 heteroatoms. The van der Waals surface area contributed by atoms with Gasteiger partial charge in [0.15, 0.2) is 6.10 Å². The average molecular weight is 490 g/mol. The minimum atomic E-state index is -4.87. The summed E-state index contributed by atoms with van der Waals surface area (Å²) >= 11 is 0. The Kier molecular flexibility index (Phi) is 8.51. The molecule has 1 aliphatic rings. The van der Waals surface area contributed by atoms with Crippen LogP contribution in [0.25, 0.3) is 0 Å². The Balaban J connectivity index is 1.59. The Hall–Kier alpha value is -2.78. The van der Waals surface area contributed by atoms with Crippen molar-refractivity contribution < 1.29 is 36.5 Å². The van der Waals surface area contributed by atoms with Crippen LogP contribution in [-0.2, 0) is 38.8 Å². The van der Waals surface area contributed by atoms with Gasteiger partial charge in [0, 0.05) is 0 Å². The topological polar surface area (TPSA) is 36.9 Å². The van der Waals surface area contributed by atoms with Gasteiger partial charge in [0.05, 0.1) is 19.8 Å². The van der Waals surface area contributed by atoms with Crippen LogP contribution in [0.2, 0.25) is 0 Å². The van der Waals surface area contributed by atoms with Gasteiger partial charge in [0.25, 0.3) is 0 Å². The molecule has 0 N–H and O–H groups in total. The summed E-state index contributed by atoms with van der Waals surface area (Å²) in [5, 5.41) is 0. The molecule has 0 bridgehead atoms. The average Bonchev–Trinajstić information content (AvgIpc) is 2.87. The number of hydrogen-bond acceptors (Lipinski definition) is 4. The van der Waals surface area contributed by atoms with E-state index in [-0.39, 0.29) is 19.8 Å². The van der Waals surface area contributed by atoms with E-state index in [1.807, 2.05) is 12.1 Å². The van der Waals surface area contributed by atoms with Crippen molar-refractivity contribution in [2.45, 2.75) is 56.8 Å². The normalized spacial score (nSPS) is 24.9. The van der Waals surface area contributed by atoms with Gasteiger partial charge >= 0.3 is 6.18 Å². The van der Waals surface area contributed by atoms with Crippen molar-refractivity contribution >= 4 is 0 Å². The van der Waals surface area contributed by atoms with Crippen molar-refractivity contribution in [3.63, 3.8) is 0 Å². The Bertz CT molecular complexity index is 1020. The van der Waals surface area contributed by atoms with Gasteiger partial charge in [0.2, 0.25) is 6.36 Å². The lowest BCUT2D eigenvalue weighted by molar-refractivity contribution is -0.349. The van der Waals surface area contributed by atoms with E-state index < -0.39 is 36.9 Å². The summed E-state index contributed by atoms with van der Waals surface area (Å²) < 4.78 is 79.1. The van der Waals surface area contributed by atoms with Gasteiger partial charge in [-0.2, -0.15) is 13.2 Å². The molecule has 4 nitrogen and oxygen atoms in total. The van der Waals surface area contributed by atoms with Gasteiger partial charge in [-0.1, -0.05) is 91.0 Å². The van der Waals surface area contributed by atoms with Crippen molar-refractivity contribution in [2.24, 2.45) is 0 Å². The van der Waals surface area contributed by atoms with E-state index in [4.69, 9.17) is 18.9 Å². The van der Waals surface area contributed by atoms with Crippen molar-refractivity contribution in [1.82, 2.24) is 0 Å². The molecule has 3 aromatic rings. The molecule has 1 fully saturated rings. The Morgan fingerprint density at radius 3 is 1.34 bits per heavy atom. The van der Waals surface area contributed by atoms with Crippen LogP contribution in [0.4, 0.5) is 17.6 Å². The Morgan fingerprint density at radius 1 is 0.571 bits per heavy atom. The van der Waals surface area contributed by atoms with E-state index in [9.17, 15) is 13.2 Å². The van der Waals surface area contributed by atoms with Gasteiger partial charge in [-0.3, -0.25) is 0 Å². The maximum absolute atomic E-state index is 15.1. The summed E-state index contributed by atoms with van der Waals surface area (Å²) in [5.74, 6) is 0. The molecule has 35 heavy (non-hydrogen) atoms. The molecule has 5 atom stereocenters. The highest BCUT2D eigenvalue weighted by Gasteiger charge is 2.58. The number of ether oxygens (including phenoxy) is 4. The maximum atomic E-state index is 15.1. The first-order chi connectivity index (χ1) is 16.9. The lowest BCUT2D eigenvalue weighted by Crippen LogP contribution is -2.62. The summed E-state index contributed by atoms with van der Waals surface area (Å²) in [5.41, 5.74) is 2.13. The third kappa shape index (κ3) is 6.89. The lowest BCUT2D eigenvalue weighted by Gasteiger charge is -2.44. The van der Waals surface area contributed by atoms with Crippen molar-refractivity contribution in [1.29, 1.82) is 0 Å². The van der Waals surface area contributed by atoms with Crippen LogP contribution in [0.15, 0.2) is 91.0 Å². The van der Waals surface area contributed by atoms with E-state index in [0.29, 0.717) is 5.56 Å². The summed E-state index contributed by atoms with van der Waals surface area (Å²) in [7, 11) is 0. The highest BCUT2D eigenvalue weighted by molar-refractivity contribution is 5.15. The summed E-state index contributed by atoms with van der Waals surface area (Å²) in [6.45, 7) is -0.198. The van der Waals surface area contributed by atoms with Crippen LogP contribution in [0.5, 0.6) is 0 Å². The first-order valence-corrected chi connectivity index (χ1v) is 11.2. The second kappa shape index (κ2) is 11.8. The van der Waals surface area contributed by atoms with Crippen LogP contribution in [0.3, 0.4) is 0 Å². The minimum absolute atomic E-state index is 0.0252. The Labute approximate surface area is 201 Å². The first kappa shape index (κ1) is 25.3. The zero-order valence-electron chi connectivity index (χ0n) is 18.8. The lowest BCUT2D eigenvalue weighted by atomic mass is 9.97. The summed E-state index contributed by atoms with van der Waals surface area (Å²) in [6, 6.07) is 26.6. The van der Waals surface area contributed by atoms with Gasteiger partial charge in [-0.15, -0.1) is 0 Å². The second-order valence-corrected chi connectivity index (χ2v) is 8.23. The molecule has 0 aromatic heterocycles. The number of hydrogen-bond donors (Lipinski definition) is 0. The molecule has 1 saturated heterocycles. The van der Waals surface area contributed by atoms with Gasteiger partial charge < -0.3 is 18.9 Å². The first-order valence-electron chi connectivity index (χ1n) is 11.2. The van der Waals surface area contributed by atoms with Gasteiger partial charge in [-0.05, 0) is 16.7 Å². The quantitative estimate of drug-likeness (QED) is 0.345. The standard InChI is InChI=1S/C27H26F4O4/c28-26-24(34-18-21-14-8-3-9-15-21)22(32-16-19-10-4-1-5-11-19)23(25(35-26)27(29,30)31)33-17-20-12-6-2-7-13-20/h1-15,22-26H,16-18H2/t22-,23+,24+,25-,26?/m1/s1. The van der Waals surface area contributed by atoms with Crippen LogP contribution in [-0.4, -0.2) is 36.9 Å². The summed E-state index contributed by atoms with van der Waals surface area (Å²) in [4.78, 5) is 0. The number of halogens is 4. The molecule has 0 spiro atoms. The highest BCUT2D eigenvalue weighted by Crippen LogP contribution is 2.38.